The van der Waals surface area contributed by atoms with Crippen molar-refractivity contribution in [1.29, 1.82) is 0 Å². The van der Waals surface area contributed by atoms with Gasteiger partial charge in [-0.2, -0.15) is 4.31 Å². The SMILES string of the molecule is O=C(CN1CCN(S(=O)(=O)c2ccccc2Cl)CC1)N1CCCCCCC1. The summed E-state index contributed by atoms with van der Waals surface area (Å²) in [5.74, 6) is 0.166. The van der Waals surface area contributed by atoms with Crippen LogP contribution in [0.25, 0.3) is 0 Å². The Labute approximate surface area is 167 Å². The minimum Gasteiger partial charge on any atom is -0.342 e. The highest BCUT2D eigenvalue weighted by Gasteiger charge is 2.30. The van der Waals surface area contributed by atoms with E-state index in [1.165, 1.54) is 29.6 Å². The lowest BCUT2D eigenvalue weighted by molar-refractivity contribution is -0.133. The third-order valence-corrected chi connectivity index (χ3v) is 7.75. The number of likely N-dealkylation sites (tertiary alicyclic amines) is 1. The molecule has 0 aromatic heterocycles. The Balaban J connectivity index is 1.54. The fraction of sp³-hybridized carbons (Fsp3) is 0.632. The second-order valence-electron chi connectivity index (χ2n) is 7.26. The van der Waals surface area contributed by atoms with Gasteiger partial charge in [-0.25, -0.2) is 8.42 Å². The van der Waals surface area contributed by atoms with E-state index in [-0.39, 0.29) is 15.8 Å². The summed E-state index contributed by atoms with van der Waals surface area (Å²) in [5, 5.41) is 0.243. The van der Waals surface area contributed by atoms with Crippen LogP contribution in [0.15, 0.2) is 29.2 Å². The smallest absolute Gasteiger partial charge is 0.244 e. The number of halogens is 1. The number of amides is 1. The van der Waals surface area contributed by atoms with E-state index >= 15 is 0 Å². The van der Waals surface area contributed by atoms with E-state index < -0.39 is 10.0 Å². The predicted molar refractivity (Wildman–Crippen MR) is 106 cm³/mol. The molecule has 0 N–H and O–H groups in total. The highest BCUT2D eigenvalue weighted by Crippen LogP contribution is 2.25. The van der Waals surface area contributed by atoms with E-state index in [9.17, 15) is 13.2 Å². The third kappa shape index (κ3) is 5.22. The van der Waals surface area contributed by atoms with Crippen molar-refractivity contribution in [1.82, 2.24) is 14.1 Å². The number of piperazine rings is 1. The summed E-state index contributed by atoms with van der Waals surface area (Å²) in [6.45, 7) is 3.94. The Kier molecular flexibility index (Phi) is 7.14. The summed E-state index contributed by atoms with van der Waals surface area (Å²) in [7, 11) is -3.59. The first-order chi connectivity index (χ1) is 13.0. The summed E-state index contributed by atoms with van der Waals surface area (Å²) < 4.78 is 27.1. The molecule has 2 saturated heterocycles. The summed E-state index contributed by atoms with van der Waals surface area (Å²) in [6.07, 6.45) is 5.82. The van der Waals surface area contributed by atoms with Crippen LogP contribution >= 0.6 is 11.6 Å². The van der Waals surface area contributed by atoms with Gasteiger partial charge in [-0.1, -0.05) is 43.0 Å². The Bertz CT molecular complexity index is 740. The van der Waals surface area contributed by atoms with Gasteiger partial charge in [0.25, 0.3) is 0 Å². The summed E-state index contributed by atoms with van der Waals surface area (Å²) in [4.78, 5) is 16.8. The van der Waals surface area contributed by atoms with Crippen LogP contribution in [0.5, 0.6) is 0 Å². The first kappa shape index (κ1) is 20.6. The van der Waals surface area contributed by atoms with Crippen LogP contribution in [-0.4, -0.2) is 74.2 Å². The van der Waals surface area contributed by atoms with Gasteiger partial charge in [0, 0.05) is 39.3 Å². The molecule has 150 valence electrons. The summed E-state index contributed by atoms with van der Waals surface area (Å²) >= 11 is 6.07. The van der Waals surface area contributed by atoms with Crippen molar-refractivity contribution in [2.75, 3.05) is 45.8 Å². The number of carbonyl (C=O) groups is 1. The molecule has 27 heavy (non-hydrogen) atoms. The van der Waals surface area contributed by atoms with E-state index in [1.807, 2.05) is 4.90 Å². The van der Waals surface area contributed by atoms with Crippen molar-refractivity contribution in [3.05, 3.63) is 29.3 Å². The van der Waals surface area contributed by atoms with Crippen LogP contribution < -0.4 is 0 Å². The Hall–Kier alpha value is -1.15. The number of hydrogen-bond donors (Lipinski definition) is 0. The number of nitrogens with zero attached hydrogens (tertiary/aromatic N) is 3. The van der Waals surface area contributed by atoms with Crippen molar-refractivity contribution in [3.8, 4) is 0 Å². The summed E-state index contributed by atoms with van der Waals surface area (Å²) in [5.41, 5.74) is 0. The van der Waals surface area contributed by atoms with Crippen LogP contribution in [0.4, 0.5) is 0 Å². The standard InChI is InChI=1S/C19H28ClN3O3S/c20-17-8-4-5-9-18(17)27(25,26)23-14-12-21(13-15-23)16-19(24)22-10-6-2-1-3-7-11-22/h4-5,8-9H,1-3,6-7,10-16H2. The molecular formula is C19H28ClN3O3S. The lowest BCUT2D eigenvalue weighted by atomic mass is 10.1. The van der Waals surface area contributed by atoms with Gasteiger partial charge in [0.05, 0.1) is 11.6 Å². The van der Waals surface area contributed by atoms with Gasteiger partial charge in [0.1, 0.15) is 4.90 Å². The molecule has 0 aliphatic carbocycles. The van der Waals surface area contributed by atoms with Gasteiger partial charge < -0.3 is 4.90 Å². The first-order valence-electron chi connectivity index (χ1n) is 9.73. The van der Waals surface area contributed by atoms with Crippen molar-refractivity contribution in [2.24, 2.45) is 0 Å². The molecule has 2 heterocycles. The predicted octanol–water partition coefficient (Wildman–Crippen LogP) is 2.44. The second-order valence-corrected chi connectivity index (χ2v) is 9.57. The maximum atomic E-state index is 12.8. The minimum atomic E-state index is -3.59. The molecule has 1 aromatic carbocycles. The molecule has 0 radical (unpaired) electrons. The fourth-order valence-corrected chi connectivity index (χ4v) is 5.62. The molecule has 2 aliphatic rings. The molecule has 6 nitrogen and oxygen atoms in total. The lowest BCUT2D eigenvalue weighted by Crippen LogP contribution is -2.51. The molecular weight excluding hydrogens is 386 g/mol. The lowest BCUT2D eigenvalue weighted by Gasteiger charge is -2.35. The van der Waals surface area contributed by atoms with E-state index in [1.54, 1.807) is 18.2 Å². The molecule has 2 fully saturated rings. The van der Waals surface area contributed by atoms with E-state index in [2.05, 4.69) is 4.90 Å². The highest BCUT2D eigenvalue weighted by atomic mass is 35.5. The molecule has 2 aliphatic heterocycles. The van der Waals surface area contributed by atoms with Crippen LogP contribution in [0, 0.1) is 0 Å². The second kappa shape index (κ2) is 9.37. The van der Waals surface area contributed by atoms with Crippen molar-refractivity contribution in [2.45, 2.75) is 37.0 Å². The van der Waals surface area contributed by atoms with E-state index in [4.69, 9.17) is 11.6 Å². The van der Waals surface area contributed by atoms with Crippen molar-refractivity contribution in [3.63, 3.8) is 0 Å². The zero-order chi connectivity index (χ0) is 19.3. The van der Waals surface area contributed by atoms with Gasteiger partial charge in [-0.3, -0.25) is 9.69 Å². The van der Waals surface area contributed by atoms with Crippen LogP contribution in [0.3, 0.4) is 0 Å². The first-order valence-corrected chi connectivity index (χ1v) is 11.5. The maximum absolute atomic E-state index is 12.8. The van der Waals surface area contributed by atoms with Crippen molar-refractivity contribution < 1.29 is 13.2 Å². The number of sulfonamides is 1. The van der Waals surface area contributed by atoms with Gasteiger partial charge in [0.2, 0.25) is 15.9 Å². The Morgan fingerprint density at radius 3 is 2.11 bits per heavy atom. The molecule has 1 amide bonds. The molecule has 0 unspecified atom stereocenters. The monoisotopic (exact) mass is 413 g/mol. The maximum Gasteiger partial charge on any atom is 0.244 e. The number of rotatable bonds is 4. The van der Waals surface area contributed by atoms with Gasteiger partial charge in [-0.15, -0.1) is 0 Å². The normalized spacial score (nSPS) is 20.9. The molecule has 0 saturated carbocycles. The number of hydrogen-bond acceptors (Lipinski definition) is 4. The van der Waals surface area contributed by atoms with Crippen LogP contribution in [0.1, 0.15) is 32.1 Å². The highest BCUT2D eigenvalue weighted by molar-refractivity contribution is 7.89. The molecule has 0 spiro atoms. The average molecular weight is 414 g/mol. The zero-order valence-electron chi connectivity index (χ0n) is 15.6. The van der Waals surface area contributed by atoms with Crippen LogP contribution in [0.2, 0.25) is 5.02 Å². The average Bonchev–Trinajstić information content (AvgIpc) is 2.62. The van der Waals surface area contributed by atoms with Gasteiger partial charge >= 0.3 is 0 Å². The largest absolute Gasteiger partial charge is 0.342 e. The van der Waals surface area contributed by atoms with Crippen molar-refractivity contribution >= 4 is 27.5 Å². The molecule has 0 atom stereocenters. The quantitative estimate of drug-likeness (QED) is 0.760. The Morgan fingerprint density at radius 1 is 0.889 bits per heavy atom. The minimum absolute atomic E-state index is 0.150. The summed E-state index contributed by atoms with van der Waals surface area (Å²) in [6, 6.07) is 6.52. The topological polar surface area (TPSA) is 60.9 Å². The van der Waals surface area contributed by atoms with Crippen LogP contribution in [-0.2, 0) is 14.8 Å². The van der Waals surface area contributed by atoms with E-state index in [0.717, 1.165) is 25.9 Å². The van der Waals surface area contributed by atoms with Gasteiger partial charge in [0.15, 0.2) is 0 Å². The molecule has 0 bridgehead atoms. The molecule has 1 aromatic rings. The fourth-order valence-electron chi connectivity index (χ4n) is 3.71. The zero-order valence-corrected chi connectivity index (χ0v) is 17.2. The molecule has 3 rings (SSSR count). The Morgan fingerprint density at radius 2 is 1.48 bits per heavy atom. The molecule has 8 heteroatoms. The third-order valence-electron chi connectivity index (χ3n) is 5.35. The number of benzene rings is 1. The number of carbonyl (C=O) groups excluding carboxylic acids is 1. The van der Waals surface area contributed by atoms with E-state index in [0.29, 0.717) is 32.7 Å². The van der Waals surface area contributed by atoms with Gasteiger partial charge in [-0.05, 0) is 25.0 Å².